The molecule has 33 heavy (non-hydrogen) atoms. The van der Waals surface area contributed by atoms with Crippen molar-refractivity contribution in [2.45, 2.75) is 58.0 Å². The second kappa shape index (κ2) is 8.92. The van der Waals surface area contributed by atoms with Gasteiger partial charge in [-0.25, -0.2) is 0 Å². The van der Waals surface area contributed by atoms with Gasteiger partial charge in [0, 0.05) is 35.7 Å². The number of nitrogens with one attached hydrogen (secondary N) is 1. The van der Waals surface area contributed by atoms with Gasteiger partial charge < -0.3 is 10.1 Å². The van der Waals surface area contributed by atoms with E-state index >= 15 is 0 Å². The van der Waals surface area contributed by atoms with E-state index in [-0.39, 0.29) is 16.9 Å². The van der Waals surface area contributed by atoms with Gasteiger partial charge in [0.15, 0.2) is 5.78 Å². The van der Waals surface area contributed by atoms with Crippen molar-refractivity contribution in [2.24, 2.45) is 13.0 Å². The summed E-state index contributed by atoms with van der Waals surface area (Å²) < 4.78 is 7.76. The van der Waals surface area contributed by atoms with Gasteiger partial charge in [-0.3, -0.25) is 9.48 Å². The van der Waals surface area contributed by atoms with Crippen LogP contribution in [0.1, 0.15) is 57.3 Å². The first-order valence-corrected chi connectivity index (χ1v) is 11.6. The molecule has 0 unspecified atom stereocenters. The summed E-state index contributed by atoms with van der Waals surface area (Å²) in [4.78, 5) is 13.1. The Hall–Kier alpha value is -2.70. The van der Waals surface area contributed by atoms with E-state index in [1.165, 1.54) is 0 Å². The van der Waals surface area contributed by atoms with Crippen LogP contribution >= 0.6 is 11.6 Å². The quantitative estimate of drug-likeness (QED) is 0.447. The standard InChI is InChI=1S/C26H31ClN4O2/c1-25(2)14-17(15-26(3,4)29-25)12-22(32)18-10-11-24(20(27)13-18)33-23-9-7-6-8-19(23)21-16-31(5)30-28-21/h6-11,13,16-17,29H,12,14-15H2,1-5H3. The zero-order valence-corrected chi connectivity index (χ0v) is 20.6. The maximum atomic E-state index is 13.1. The number of hydrogen-bond acceptors (Lipinski definition) is 5. The highest BCUT2D eigenvalue weighted by Gasteiger charge is 2.38. The second-order valence-corrected chi connectivity index (χ2v) is 10.7. The average molecular weight is 467 g/mol. The van der Waals surface area contributed by atoms with Crippen molar-refractivity contribution in [3.05, 3.63) is 59.2 Å². The molecule has 0 amide bonds. The largest absolute Gasteiger partial charge is 0.455 e. The number of aryl methyl sites for hydroxylation is 1. The van der Waals surface area contributed by atoms with Crippen molar-refractivity contribution in [1.29, 1.82) is 0 Å². The Kier molecular flexibility index (Phi) is 6.34. The molecule has 1 aliphatic heterocycles. The first-order valence-electron chi connectivity index (χ1n) is 11.3. The average Bonchev–Trinajstić information content (AvgIpc) is 3.13. The number of Topliss-reactive ketones (excluding diaryl/α,β-unsaturated/α-hetero) is 1. The number of nitrogens with zero attached hydrogens (tertiary/aromatic N) is 3. The maximum Gasteiger partial charge on any atom is 0.163 e. The van der Waals surface area contributed by atoms with Crippen molar-refractivity contribution < 1.29 is 9.53 Å². The number of rotatable bonds is 6. The molecule has 7 heteroatoms. The zero-order valence-electron chi connectivity index (χ0n) is 19.9. The molecule has 1 fully saturated rings. The molecule has 0 radical (unpaired) electrons. The fourth-order valence-electron chi connectivity index (χ4n) is 5.17. The first-order chi connectivity index (χ1) is 15.5. The van der Waals surface area contributed by atoms with Gasteiger partial charge in [0.25, 0.3) is 0 Å². The molecule has 0 saturated carbocycles. The molecule has 174 valence electrons. The minimum atomic E-state index is 0.0125. The van der Waals surface area contributed by atoms with E-state index in [4.69, 9.17) is 16.3 Å². The summed E-state index contributed by atoms with van der Waals surface area (Å²) in [5, 5.41) is 12.3. The van der Waals surface area contributed by atoms with Gasteiger partial charge in [0.1, 0.15) is 17.2 Å². The Balaban J connectivity index is 1.50. The molecular formula is C26H31ClN4O2. The maximum absolute atomic E-state index is 13.1. The third-order valence-electron chi connectivity index (χ3n) is 5.99. The predicted molar refractivity (Wildman–Crippen MR) is 131 cm³/mol. The zero-order chi connectivity index (χ0) is 23.8. The molecule has 2 aromatic carbocycles. The Labute approximate surface area is 200 Å². The summed E-state index contributed by atoms with van der Waals surface area (Å²) in [7, 11) is 1.82. The summed E-state index contributed by atoms with van der Waals surface area (Å²) >= 11 is 6.54. The van der Waals surface area contributed by atoms with Crippen molar-refractivity contribution in [1.82, 2.24) is 20.3 Å². The lowest BCUT2D eigenvalue weighted by Crippen LogP contribution is -2.57. The van der Waals surface area contributed by atoms with Crippen LogP contribution in [0.2, 0.25) is 5.02 Å². The number of para-hydroxylation sites is 1. The van der Waals surface area contributed by atoms with E-state index < -0.39 is 0 Å². The lowest BCUT2D eigenvalue weighted by atomic mass is 9.74. The number of ether oxygens (including phenoxy) is 1. The number of aromatic nitrogens is 3. The fourth-order valence-corrected chi connectivity index (χ4v) is 5.39. The molecule has 1 aromatic heterocycles. The Morgan fingerprint density at radius 3 is 2.45 bits per heavy atom. The van der Waals surface area contributed by atoms with Crippen LogP contribution in [0, 0.1) is 5.92 Å². The first kappa shape index (κ1) is 23.5. The Bertz CT molecular complexity index is 1150. The summed E-state index contributed by atoms with van der Waals surface area (Å²) in [5.74, 6) is 1.56. The van der Waals surface area contributed by atoms with Crippen molar-refractivity contribution in [3.63, 3.8) is 0 Å². The van der Waals surface area contributed by atoms with E-state index in [2.05, 4.69) is 43.3 Å². The SMILES string of the molecule is Cn1cc(-c2ccccc2Oc2ccc(C(=O)CC3CC(C)(C)NC(C)(C)C3)cc2Cl)nn1. The summed E-state index contributed by atoms with van der Waals surface area (Å²) in [6, 6.07) is 12.9. The highest BCUT2D eigenvalue weighted by molar-refractivity contribution is 6.32. The second-order valence-electron chi connectivity index (χ2n) is 10.3. The van der Waals surface area contributed by atoms with Crippen LogP contribution in [0.25, 0.3) is 11.3 Å². The van der Waals surface area contributed by atoms with Gasteiger partial charge in [-0.15, -0.1) is 5.10 Å². The number of carbonyl (C=O) groups is 1. The monoisotopic (exact) mass is 466 g/mol. The molecule has 1 saturated heterocycles. The summed E-state index contributed by atoms with van der Waals surface area (Å²) in [6.07, 6.45) is 4.28. The van der Waals surface area contributed by atoms with Gasteiger partial charge in [-0.2, -0.15) is 0 Å². The molecule has 0 spiro atoms. The number of ketones is 1. The minimum absolute atomic E-state index is 0.0125. The molecule has 0 bridgehead atoms. The van der Waals surface area contributed by atoms with Gasteiger partial charge in [-0.1, -0.05) is 28.9 Å². The molecule has 3 aromatic rings. The van der Waals surface area contributed by atoms with Gasteiger partial charge in [-0.05, 0) is 76.8 Å². The Morgan fingerprint density at radius 1 is 1.12 bits per heavy atom. The minimum Gasteiger partial charge on any atom is -0.455 e. The number of carbonyl (C=O) groups excluding carboxylic acids is 1. The fraction of sp³-hybridized carbons (Fsp3) is 0.423. The van der Waals surface area contributed by atoms with E-state index in [9.17, 15) is 4.79 Å². The van der Waals surface area contributed by atoms with Crippen LogP contribution < -0.4 is 10.1 Å². The van der Waals surface area contributed by atoms with Crippen LogP contribution in [-0.4, -0.2) is 31.9 Å². The number of halogens is 1. The third kappa shape index (κ3) is 5.63. The summed E-state index contributed by atoms with van der Waals surface area (Å²) in [5.41, 5.74) is 2.17. The van der Waals surface area contributed by atoms with E-state index in [1.54, 1.807) is 22.9 Å². The van der Waals surface area contributed by atoms with Crippen molar-refractivity contribution in [2.75, 3.05) is 0 Å². The topological polar surface area (TPSA) is 69.0 Å². The van der Waals surface area contributed by atoms with Crippen LogP contribution in [0.3, 0.4) is 0 Å². The molecule has 0 aliphatic carbocycles. The van der Waals surface area contributed by atoms with Gasteiger partial charge >= 0.3 is 0 Å². The molecule has 2 heterocycles. The lowest BCUT2D eigenvalue weighted by molar-refractivity contribution is 0.0864. The predicted octanol–water partition coefficient (Wildman–Crippen LogP) is 6.06. The van der Waals surface area contributed by atoms with Crippen LogP contribution in [-0.2, 0) is 7.05 Å². The van der Waals surface area contributed by atoms with Gasteiger partial charge in [0.2, 0.25) is 0 Å². The number of piperidine rings is 1. The molecule has 1 N–H and O–H groups in total. The number of benzene rings is 2. The highest BCUT2D eigenvalue weighted by atomic mass is 35.5. The molecule has 6 nitrogen and oxygen atoms in total. The third-order valence-corrected chi connectivity index (χ3v) is 6.28. The van der Waals surface area contributed by atoms with Crippen molar-refractivity contribution >= 4 is 17.4 Å². The van der Waals surface area contributed by atoms with Crippen LogP contribution in [0.4, 0.5) is 0 Å². The highest BCUT2D eigenvalue weighted by Crippen LogP contribution is 2.37. The molecular weight excluding hydrogens is 436 g/mol. The Morgan fingerprint density at radius 2 is 1.82 bits per heavy atom. The van der Waals surface area contributed by atoms with Crippen molar-refractivity contribution in [3.8, 4) is 22.8 Å². The lowest BCUT2D eigenvalue weighted by Gasteiger charge is -2.46. The molecule has 4 rings (SSSR count). The molecule has 0 atom stereocenters. The summed E-state index contributed by atoms with van der Waals surface area (Å²) in [6.45, 7) is 8.81. The van der Waals surface area contributed by atoms with Gasteiger partial charge in [0.05, 0.1) is 11.2 Å². The molecule has 1 aliphatic rings. The van der Waals surface area contributed by atoms with E-state index in [0.717, 1.165) is 18.4 Å². The van der Waals surface area contributed by atoms with Crippen LogP contribution in [0.5, 0.6) is 11.5 Å². The number of hydrogen-bond donors (Lipinski definition) is 1. The van der Waals surface area contributed by atoms with Crippen LogP contribution in [0.15, 0.2) is 48.7 Å². The smallest absolute Gasteiger partial charge is 0.163 e. The van der Waals surface area contributed by atoms with E-state index in [1.807, 2.05) is 37.5 Å². The normalized spacial score (nSPS) is 17.6. The van der Waals surface area contributed by atoms with E-state index in [0.29, 0.717) is 40.1 Å².